The van der Waals surface area contributed by atoms with Crippen LogP contribution in [0.1, 0.15) is 46.5 Å². The standard InChI is InChI=1S/C16H23BN2O/c1-16(2,3)19-12-15(13-7-6-8-14(20)11-13)18-10-5-4-9-17(18)19/h4-5,9-10,12-13H,6-8,11H2,1-3H3. The summed E-state index contributed by atoms with van der Waals surface area (Å²) in [6.07, 6.45) is 12.3. The molecule has 3 rings (SSSR count). The molecule has 3 aliphatic rings. The van der Waals surface area contributed by atoms with Crippen LogP contribution in [0.15, 0.2) is 36.2 Å². The fraction of sp³-hybridized carbons (Fsp3) is 0.562. The maximum absolute atomic E-state index is 11.8. The largest absolute Gasteiger partial charge is 0.407 e. The van der Waals surface area contributed by atoms with Crippen molar-refractivity contribution in [3.8, 4) is 0 Å². The Morgan fingerprint density at radius 2 is 2.10 bits per heavy atom. The molecule has 0 saturated heterocycles. The normalized spacial score (nSPS) is 26.1. The highest BCUT2D eigenvalue weighted by atomic mass is 16.1. The van der Waals surface area contributed by atoms with E-state index in [1.54, 1.807) is 0 Å². The van der Waals surface area contributed by atoms with Gasteiger partial charge in [-0.1, -0.05) is 12.1 Å². The lowest BCUT2D eigenvalue weighted by molar-refractivity contribution is -0.121. The third-order valence-corrected chi connectivity index (χ3v) is 4.46. The average Bonchev–Trinajstić information content (AvgIpc) is 2.78. The van der Waals surface area contributed by atoms with Gasteiger partial charge in [0.2, 0.25) is 0 Å². The van der Waals surface area contributed by atoms with Gasteiger partial charge in [0, 0.05) is 36.2 Å². The number of allylic oxidation sites excluding steroid dienone is 3. The molecule has 4 heteroatoms. The molecule has 0 aromatic rings. The van der Waals surface area contributed by atoms with Crippen LogP contribution in [0.4, 0.5) is 0 Å². The number of carbonyl (C=O) groups excluding carboxylic acids is 1. The third kappa shape index (κ3) is 2.32. The van der Waals surface area contributed by atoms with Crippen molar-refractivity contribution in [2.45, 2.75) is 52.0 Å². The lowest BCUT2D eigenvalue weighted by atomic mass is 9.68. The minimum Gasteiger partial charge on any atom is -0.392 e. The van der Waals surface area contributed by atoms with Gasteiger partial charge in [-0.3, -0.25) is 4.79 Å². The zero-order valence-electron chi connectivity index (χ0n) is 12.7. The molecule has 0 spiro atoms. The number of rotatable bonds is 1. The van der Waals surface area contributed by atoms with Crippen LogP contribution in [-0.2, 0) is 4.79 Å². The van der Waals surface area contributed by atoms with E-state index in [4.69, 9.17) is 0 Å². The molecule has 2 heterocycles. The van der Waals surface area contributed by atoms with Gasteiger partial charge in [0.1, 0.15) is 5.78 Å². The first-order chi connectivity index (χ1) is 9.47. The molecule has 1 fully saturated rings. The van der Waals surface area contributed by atoms with Crippen molar-refractivity contribution in [2.75, 3.05) is 0 Å². The lowest BCUT2D eigenvalue weighted by Crippen LogP contribution is -2.50. The second-order valence-corrected chi connectivity index (χ2v) is 7.01. The van der Waals surface area contributed by atoms with Crippen LogP contribution in [0.3, 0.4) is 0 Å². The van der Waals surface area contributed by atoms with Crippen LogP contribution in [0.2, 0.25) is 0 Å². The fourth-order valence-electron chi connectivity index (χ4n) is 3.42. The fourth-order valence-corrected chi connectivity index (χ4v) is 3.42. The minimum absolute atomic E-state index is 0.0822. The van der Waals surface area contributed by atoms with E-state index in [0.29, 0.717) is 18.1 Å². The van der Waals surface area contributed by atoms with Crippen LogP contribution >= 0.6 is 0 Å². The maximum Gasteiger partial charge on any atom is 0.407 e. The summed E-state index contributed by atoms with van der Waals surface area (Å²) >= 11 is 0. The Labute approximate surface area is 122 Å². The number of Topliss-reactive ketones (excluding diaryl/α,β-unsaturated/α-hetero) is 1. The predicted octanol–water partition coefficient (Wildman–Crippen LogP) is 3.11. The Morgan fingerprint density at radius 3 is 2.80 bits per heavy atom. The van der Waals surface area contributed by atoms with E-state index in [-0.39, 0.29) is 12.5 Å². The topological polar surface area (TPSA) is 23.6 Å². The highest BCUT2D eigenvalue weighted by Gasteiger charge is 2.42. The highest BCUT2D eigenvalue weighted by Crippen LogP contribution is 2.38. The molecule has 0 N–H and O–H groups in total. The molecule has 2 aliphatic heterocycles. The van der Waals surface area contributed by atoms with Gasteiger partial charge >= 0.3 is 6.98 Å². The summed E-state index contributed by atoms with van der Waals surface area (Å²) in [5.41, 5.74) is 1.40. The van der Waals surface area contributed by atoms with Crippen molar-refractivity contribution in [1.82, 2.24) is 9.62 Å². The number of hydrogen-bond acceptors (Lipinski definition) is 3. The van der Waals surface area contributed by atoms with E-state index in [1.165, 1.54) is 5.70 Å². The monoisotopic (exact) mass is 270 g/mol. The molecule has 1 aliphatic carbocycles. The van der Waals surface area contributed by atoms with Crippen molar-refractivity contribution >= 4 is 12.8 Å². The first-order valence-electron chi connectivity index (χ1n) is 7.62. The Balaban J connectivity index is 1.90. The summed E-state index contributed by atoms with van der Waals surface area (Å²) in [5.74, 6) is 3.05. The first kappa shape index (κ1) is 13.5. The summed E-state index contributed by atoms with van der Waals surface area (Å²) in [4.78, 5) is 16.5. The van der Waals surface area contributed by atoms with Crippen LogP contribution < -0.4 is 0 Å². The van der Waals surface area contributed by atoms with Gasteiger partial charge in [0.05, 0.1) is 0 Å². The second kappa shape index (κ2) is 4.83. The number of nitrogens with zero attached hydrogens (tertiary/aromatic N) is 2. The Kier molecular flexibility index (Phi) is 3.27. The Hall–Kier alpha value is -1.45. The number of carbonyl (C=O) groups is 1. The molecular formula is C16H23BN2O. The summed E-state index contributed by atoms with van der Waals surface area (Å²) in [5, 5.41) is 0. The molecule has 0 amide bonds. The minimum atomic E-state index is 0.0822. The van der Waals surface area contributed by atoms with Gasteiger partial charge < -0.3 is 9.62 Å². The quantitative estimate of drug-likeness (QED) is 0.684. The van der Waals surface area contributed by atoms with Crippen LogP contribution in [0.5, 0.6) is 0 Å². The van der Waals surface area contributed by atoms with E-state index in [0.717, 1.165) is 19.3 Å². The molecule has 3 nitrogen and oxygen atoms in total. The molecule has 1 saturated carbocycles. The van der Waals surface area contributed by atoms with Gasteiger partial charge in [-0.05, 0) is 45.9 Å². The highest BCUT2D eigenvalue weighted by molar-refractivity contribution is 6.61. The SMILES string of the molecule is CC(C)(C)N1C=C(C2CCCC(=O)C2)N2C=CC=CB21. The molecule has 0 radical (unpaired) electrons. The lowest BCUT2D eigenvalue weighted by Gasteiger charge is -2.37. The van der Waals surface area contributed by atoms with Gasteiger partial charge in [-0.15, -0.1) is 0 Å². The van der Waals surface area contributed by atoms with E-state index < -0.39 is 0 Å². The molecule has 0 bridgehead atoms. The van der Waals surface area contributed by atoms with Crippen molar-refractivity contribution in [2.24, 2.45) is 5.92 Å². The van der Waals surface area contributed by atoms with E-state index in [9.17, 15) is 4.79 Å². The smallest absolute Gasteiger partial charge is 0.392 e. The number of hydrogen-bond donors (Lipinski definition) is 0. The van der Waals surface area contributed by atoms with E-state index in [1.807, 2.05) is 0 Å². The number of ketones is 1. The van der Waals surface area contributed by atoms with Crippen molar-refractivity contribution < 1.29 is 4.79 Å². The van der Waals surface area contributed by atoms with Crippen molar-refractivity contribution in [1.29, 1.82) is 0 Å². The van der Waals surface area contributed by atoms with Gasteiger partial charge in [0.25, 0.3) is 0 Å². The van der Waals surface area contributed by atoms with E-state index >= 15 is 0 Å². The van der Waals surface area contributed by atoms with Crippen LogP contribution in [-0.4, -0.2) is 27.9 Å². The summed E-state index contributed by atoms with van der Waals surface area (Å²) in [6, 6.07) is 0. The van der Waals surface area contributed by atoms with Gasteiger partial charge in [-0.2, -0.15) is 0 Å². The van der Waals surface area contributed by atoms with Crippen molar-refractivity contribution in [3.63, 3.8) is 0 Å². The molecule has 106 valence electrons. The first-order valence-corrected chi connectivity index (χ1v) is 7.62. The average molecular weight is 270 g/mol. The summed E-state index contributed by atoms with van der Waals surface area (Å²) in [7, 11) is 0. The predicted molar refractivity (Wildman–Crippen MR) is 82.5 cm³/mol. The molecule has 0 aromatic heterocycles. The third-order valence-electron chi connectivity index (χ3n) is 4.46. The van der Waals surface area contributed by atoms with E-state index in [2.05, 4.69) is 60.9 Å². The zero-order chi connectivity index (χ0) is 14.3. The molecule has 1 atom stereocenters. The maximum atomic E-state index is 11.8. The summed E-state index contributed by atoms with van der Waals surface area (Å²) in [6.45, 7) is 6.99. The number of fused-ring (bicyclic) bond motifs is 1. The Bertz CT molecular complexity index is 501. The Morgan fingerprint density at radius 1 is 1.30 bits per heavy atom. The van der Waals surface area contributed by atoms with Gasteiger partial charge in [-0.25, -0.2) is 0 Å². The molecule has 20 heavy (non-hydrogen) atoms. The van der Waals surface area contributed by atoms with Crippen LogP contribution in [0.25, 0.3) is 0 Å². The molecule has 0 aromatic carbocycles. The van der Waals surface area contributed by atoms with Crippen LogP contribution in [0, 0.1) is 5.92 Å². The van der Waals surface area contributed by atoms with Gasteiger partial charge in [0.15, 0.2) is 0 Å². The summed E-state index contributed by atoms with van der Waals surface area (Å²) < 4.78 is 0. The second-order valence-electron chi connectivity index (χ2n) is 7.01. The molecule has 1 unspecified atom stereocenters. The zero-order valence-corrected chi connectivity index (χ0v) is 12.7. The molecular weight excluding hydrogens is 247 g/mol. The van der Waals surface area contributed by atoms with Crippen molar-refractivity contribution in [3.05, 3.63) is 36.2 Å².